The lowest BCUT2D eigenvalue weighted by Gasteiger charge is -2.34. The maximum Gasteiger partial charge on any atom is 0.106 e. The fraction of sp³-hybridized carbons (Fsp3) is 0.333. The molecule has 0 bridgehead atoms. The second-order valence-corrected chi connectivity index (χ2v) is 5.79. The van der Waals surface area contributed by atoms with Crippen LogP contribution in [0.25, 0.3) is 0 Å². The summed E-state index contributed by atoms with van der Waals surface area (Å²) >= 11 is 3.35. The molecule has 0 amide bonds. The van der Waals surface area contributed by atoms with Gasteiger partial charge in [-0.15, -0.1) is 0 Å². The Kier molecular flexibility index (Phi) is 4.16. The Morgan fingerprint density at radius 1 is 1.10 bits per heavy atom. The quantitative estimate of drug-likeness (QED) is 0.875. The Labute approximate surface area is 127 Å². The summed E-state index contributed by atoms with van der Waals surface area (Å²) in [5.74, 6) is 0. The minimum Gasteiger partial charge on any atom is -0.381 e. The molecule has 1 fully saturated rings. The zero-order valence-electron chi connectivity index (χ0n) is 11.2. The van der Waals surface area contributed by atoms with Gasteiger partial charge in [-0.05, 0) is 53.0 Å². The van der Waals surface area contributed by atoms with Crippen molar-refractivity contribution in [3.63, 3.8) is 0 Å². The molecule has 0 radical (unpaired) electrons. The molecular formula is C15H17BrN4. The first-order valence-corrected chi connectivity index (χ1v) is 7.63. The van der Waals surface area contributed by atoms with Crippen LogP contribution in [0.1, 0.15) is 12.8 Å². The van der Waals surface area contributed by atoms with Crippen LogP contribution in [0, 0.1) is 0 Å². The third-order valence-electron chi connectivity index (χ3n) is 3.62. The van der Waals surface area contributed by atoms with E-state index in [-0.39, 0.29) is 0 Å². The van der Waals surface area contributed by atoms with E-state index in [9.17, 15) is 0 Å². The van der Waals surface area contributed by atoms with Gasteiger partial charge in [0.2, 0.25) is 0 Å². The monoisotopic (exact) mass is 332 g/mol. The zero-order chi connectivity index (χ0) is 13.8. The van der Waals surface area contributed by atoms with E-state index in [4.69, 9.17) is 0 Å². The van der Waals surface area contributed by atoms with E-state index in [1.54, 1.807) is 0 Å². The number of anilines is 2. The van der Waals surface area contributed by atoms with Gasteiger partial charge in [-0.2, -0.15) is 0 Å². The first-order valence-electron chi connectivity index (χ1n) is 6.84. The molecule has 1 saturated heterocycles. The molecule has 1 aliphatic heterocycles. The van der Waals surface area contributed by atoms with Crippen LogP contribution >= 0.6 is 15.9 Å². The largest absolute Gasteiger partial charge is 0.381 e. The molecule has 1 N–H and O–H groups in total. The molecule has 2 aromatic heterocycles. The van der Waals surface area contributed by atoms with Gasteiger partial charge < -0.3 is 10.2 Å². The molecule has 0 aliphatic carbocycles. The second kappa shape index (κ2) is 6.22. The maximum atomic E-state index is 4.24. The molecule has 0 atom stereocenters. The highest BCUT2D eigenvalue weighted by Gasteiger charge is 2.19. The Balaban J connectivity index is 1.55. The summed E-state index contributed by atoms with van der Waals surface area (Å²) in [6, 6.07) is 8.70. The number of hydrogen-bond donors (Lipinski definition) is 1. The zero-order valence-corrected chi connectivity index (χ0v) is 12.8. The van der Waals surface area contributed by atoms with E-state index in [1.165, 1.54) is 5.69 Å². The number of pyridine rings is 2. The highest BCUT2D eigenvalue weighted by molar-refractivity contribution is 9.10. The fourth-order valence-corrected chi connectivity index (χ4v) is 2.77. The fourth-order valence-electron chi connectivity index (χ4n) is 2.53. The first kappa shape index (κ1) is 13.4. The molecule has 0 saturated carbocycles. The van der Waals surface area contributed by atoms with E-state index in [0.717, 1.165) is 36.2 Å². The van der Waals surface area contributed by atoms with Crippen LogP contribution in [-0.2, 0) is 0 Å². The van der Waals surface area contributed by atoms with E-state index in [1.807, 2.05) is 24.7 Å². The SMILES string of the molecule is Brc1ccc(NC2CCN(c3ccncc3)CC2)cn1. The van der Waals surface area contributed by atoms with Gasteiger partial charge in [0.25, 0.3) is 0 Å². The minimum atomic E-state index is 0.524. The highest BCUT2D eigenvalue weighted by Crippen LogP contribution is 2.21. The van der Waals surface area contributed by atoms with Crippen molar-refractivity contribution in [2.24, 2.45) is 0 Å². The summed E-state index contributed by atoms with van der Waals surface area (Å²) in [5, 5.41) is 3.56. The molecule has 2 aromatic rings. The van der Waals surface area contributed by atoms with Crippen LogP contribution < -0.4 is 10.2 Å². The van der Waals surface area contributed by atoms with Crippen LogP contribution in [0.15, 0.2) is 47.5 Å². The number of nitrogens with zero attached hydrogens (tertiary/aromatic N) is 3. The predicted molar refractivity (Wildman–Crippen MR) is 85.0 cm³/mol. The van der Waals surface area contributed by atoms with Gasteiger partial charge in [0.1, 0.15) is 4.60 Å². The summed E-state index contributed by atoms with van der Waals surface area (Å²) in [7, 11) is 0. The molecule has 5 heteroatoms. The van der Waals surface area contributed by atoms with Gasteiger partial charge in [0.05, 0.1) is 11.9 Å². The number of piperidine rings is 1. The van der Waals surface area contributed by atoms with Gasteiger partial charge >= 0.3 is 0 Å². The van der Waals surface area contributed by atoms with Gasteiger partial charge in [0.15, 0.2) is 0 Å². The van der Waals surface area contributed by atoms with Crippen LogP contribution in [0.4, 0.5) is 11.4 Å². The molecule has 0 unspecified atom stereocenters. The summed E-state index contributed by atoms with van der Waals surface area (Å²) in [6.07, 6.45) is 7.86. The van der Waals surface area contributed by atoms with Gasteiger partial charge in [-0.25, -0.2) is 4.98 Å². The number of halogens is 1. The Bertz CT molecular complexity index is 536. The Hall–Kier alpha value is -1.62. The van der Waals surface area contributed by atoms with Crippen molar-refractivity contribution in [1.29, 1.82) is 0 Å². The van der Waals surface area contributed by atoms with Crippen molar-refractivity contribution in [1.82, 2.24) is 9.97 Å². The van der Waals surface area contributed by atoms with Gasteiger partial charge in [-0.3, -0.25) is 4.98 Å². The predicted octanol–water partition coefficient (Wildman–Crippen LogP) is 3.32. The average molecular weight is 333 g/mol. The third kappa shape index (κ3) is 3.28. The smallest absolute Gasteiger partial charge is 0.106 e. The Morgan fingerprint density at radius 3 is 2.50 bits per heavy atom. The Morgan fingerprint density at radius 2 is 1.85 bits per heavy atom. The van der Waals surface area contributed by atoms with Gasteiger partial charge in [-0.1, -0.05) is 0 Å². The lowest BCUT2D eigenvalue weighted by atomic mass is 10.0. The number of rotatable bonds is 3. The van der Waals surface area contributed by atoms with Crippen molar-refractivity contribution in [2.75, 3.05) is 23.3 Å². The molecule has 20 heavy (non-hydrogen) atoms. The first-order chi connectivity index (χ1) is 9.81. The van der Waals surface area contributed by atoms with Crippen molar-refractivity contribution in [3.8, 4) is 0 Å². The summed E-state index contributed by atoms with van der Waals surface area (Å²) < 4.78 is 0.871. The normalized spacial score (nSPS) is 16.1. The average Bonchev–Trinajstić information content (AvgIpc) is 2.51. The van der Waals surface area contributed by atoms with Crippen molar-refractivity contribution in [2.45, 2.75) is 18.9 Å². The third-order valence-corrected chi connectivity index (χ3v) is 4.09. The van der Waals surface area contributed by atoms with Crippen LogP contribution in [0.3, 0.4) is 0 Å². The van der Waals surface area contributed by atoms with Crippen molar-refractivity contribution < 1.29 is 0 Å². The molecule has 4 nitrogen and oxygen atoms in total. The summed E-state index contributed by atoms with van der Waals surface area (Å²) in [6.45, 7) is 2.15. The van der Waals surface area contributed by atoms with E-state index in [0.29, 0.717) is 6.04 Å². The number of hydrogen-bond acceptors (Lipinski definition) is 4. The topological polar surface area (TPSA) is 41.0 Å². The lowest BCUT2D eigenvalue weighted by molar-refractivity contribution is 0.526. The molecule has 1 aliphatic rings. The lowest BCUT2D eigenvalue weighted by Crippen LogP contribution is -2.39. The molecule has 104 valence electrons. The van der Waals surface area contributed by atoms with Crippen LogP contribution in [-0.4, -0.2) is 29.1 Å². The van der Waals surface area contributed by atoms with Crippen molar-refractivity contribution in [3.05, 3.63) is 47.5 Å². The molecule has 3 heterocycles. The molecular weight excluding hydrogens is 316 g/mol. The van der Waals surface area contributed by atoms with Crippen LogP contribution in [0.2, 0.25) is 0 Å². The standard InChI is InChI=1S/C15H17BrN4/c16-15-2-1-13(11-18-15)19-12-5-9-20(10-6-12)14-3-7-17-8-4-14/h1-4,7-8,11-12,19H,5-6,9-10H2. The number of nitrogens with one attached hydrogen (secondary N) is 1. The second-order valence-electron chi connectivity index (χ2n) is 4.98. The van der Waals surface area contributed by atoms with Gasteiger partial charge in [0, 0.05) is 37.2 Å². The van der Waals surface area contributed by atoms with E-state index in [2.05, 4.69) is 54.3 Å². The maximum absolute atomic E-state index is 4.24. The molecule has 3 rings (SSSR count). The van der Waals surface area contributed by atoms with E-state index >= 15 is 0 Å². The number of aromatic nitrogens is 2. The highest BCUT2D eigenvalue weighted by atomic mass is 79.9. The molecule has 0 spiro atoms. The van der Waals surface area contributed by atoms with Crippen LogP contribution in [0.5, 0.6) is 0 Å². The summed E-state index contributed by atoms with van der Waals surface area (Å²) in [4.78, 5) is 10.7. The minimum absolute atomic E-state index is 0.524. The summed E-state index contributed by atoms with van der Waals surface area (Å²) in [5.41, 5.74) is 2.36. The van der Waals surface area contributed by atoms with E-state index < -0.39 is 0 Å². The van der Waals surface area contributed by atoms with Crippen molar-refractivity contribution >= 4 is 27.3 Å². The molecule has 0 aromatic carbocycles.